The lowest BCUT2D eigenvalue weighted by Crippen LogP contribution is -2.28. The molecule has 16 heavy (non-hydrogen) atoms. The second kappa shape index (κ2) is 3.40. The highest BCUT2D eigenvalue weighted by molar-refractivity contribution is 5.23. The van der Waals surface area contributed by atoms with Crippen molar-refractivity contribution in [2.75, 3.05) is 6.61 Å². The number of aromatic amines is 1. The van der Waals surface area contributed by atoms with Gasteiger partial charge in [-0.3, -0.25) is 4.79 Å². The summed E-state index contributed by atoms with van der Waals surface area (Å²) < 4.78 is 5.69. The third-order valence-corrected chi connectivity index (χ3v) is 3.42. The molecule has 2 aliphatic heterocycles. The fourth-order valence-electron chi connectivity index (χ4n) is 2.40. The summed E-state index contributed by atoms with van der Waals surface area (Å²) in [7, 11) is 0. The van der Waals surface area contributed by atoms with E-state index in [0.717, 1.165) is 30.7 Å². The van der Waals surface area contributed by atoms with E-state index in [0.29, 0.717) is 18.9 Å². The molecule has 0 spiro atoms. The Balaban J connectivity index is 2.09. The lowest BCUT2D eigenvalue weighted by molar-refractivity contribution is 0.00895. The standard InChI is InChI=1S/C11H15N3O2/c1-11(3-2-4-16-11)10-13-8-6-12-5-7(8)9(15)14-10/h12H,2-6H2,1H3,(H,13,14,15). The summed E-state index contributed by atoms with van der Waals surface area (Å²) in [5.41, 5.74) is 1.21. The van der Waals surface area contributed by atoms with Crippen molar-refractivity contribution in [3.63, 3.8) is 0 Å². The van der Waals surface area contributed by atoms with E-state index in [9.17, 15) is 4.79 Å². The topological polar surface area (TPSA) is 67.0 Å². The highest BCUT2D eigenvalue weighted by Gasteiger charge is 2.35. The van der Waals surface area contributed by atoms with Gasteiger partial charge in [-0.15, -0.1) is 0 Å². The molecular formula is C11H15N3O2. The van der Waals surface area contributed by atoms with Crippen molar-refractivity contribution in [3.05, 3.63) is 27.4 Å². The fraction of sp³-hybridized carbons (Fsp3) is 0.636. The Hall–Kier alpha value is -1.20. The van der Waals surface area contributed by atoms with E-state index in [-0.39, 0.29) is 5.56 Å². The van der Waals surface area contributed by atoms with E-state index in [1.54, 1.807) is 0 Å². The van der Waals surface area contributed by atoms with Crippen molar-refractivity contribution < 1.29 is 4.74 Å². The van der Waals surface area contributed by atoms with Crippen LogP contribution in [0.2, 0.25) is 0 Å². The monoisotopic (exact) mass is 221 g/mol. The molecule has 3 rings (SSSR count). The molecule has 0 bridgehead atoms. The quantitative estimate of drug-likeness (QED) is 0.720. The van der Waals surface area contributed by atoms with Gasteiger partial charge in [0.05, 0.1) is 11.3 Å². The van der Waals surface area contributed by atoms with Crippen molar-refractivity contribution in [3.8, 4) is 0 Å². The molecule has 3 heterocycles. The number of aromatic nitrogens is 2. The molecule has 5 heteroatoms. The number of ether oxygens (including phenoxy) is 1. The van der Waals surface area contributed by atoms with Crippen molar-refractivity contribution >= 4 is 0 Å². The summed E-state index contributed by atoms with van der Waals surface area (Å²) in [6, 6.07) is 0. The first kappa shape index (κ1) is 9.99. The maximum absolute atomic E-state index is 11.8. The van der Waals surface area contributed by atoms with Crippen LogP contribution >= 0.6 is 0 Å². The average Bonchev–Trinajstić information content (AvgIpc) is 2.86. The van der Waals surface area contributed by atoms with E-state index in [1.165, 1.54) is 0 Å². The second-order valence-corrected chi connectivity index (χ2v) is 4.63. The highest BCUT2D eigenvalue weighted by atomic mass is 16.5. The van der Waals surface area contributed by atoms with Crippen LogP contribution in [0.1, 0.15) is 36.8 Å². The van der Waals surface area contributed by atoms with E-state index < -0.39 is 5.60 Å². The summed E-state index contributed by atoms with van der Waals surface area (Å²) in [6.45, 7) is 4.04. The molecule has 1 atom stereocenters. The smallest absolute Gasteiger partial charge is 0.255 e. The number of nitrogens with one attached hydrogen (secondary N) is 2. The van der Waals surface area contributed by atoms with Crippen molar-refractivity contribution in [2.45, 2.75) is 38.5 Å². The Bertz CT molecular complexity index is 475. The summed E-state index contributed by atoms with van der Waals surface area (Å²) in [5, 5.41) is 3.14. The average molecular weight is 221 g/mol. The molecule has 5 nitrogen and oxygen atoms in total. The lowest BCUT2D eigenvalue weighted by Gasteiger charge is -2.22. The number of hydrogen-bond acceptors (Lipinski definition) is 4. The van der Waals surface area contributed by atoms with Gasteiger partial charge in [-0.25, -0.2) is 4.98 Å². The SMILES string of the molecule is CC1(c2nc3c(c(=O)[nH]2)CNC3)CCCO1. The summed E-state index contributed by atoms with van der Waals surface area (Å²) in [4.78, 5) is 19.2. The van der Waals surface area contributed by atoms with Crippen molar-refractivity contribution in [1.29, 1.82) is 0 Å². The van der Waals surface area contributed by atoms with E-state index in [1.807, 2.05) is 6.92 Å². The van der Waals surface area contributed by atoms with Crippen LogP contribution in [0.4, 0.5) is 0 Å². The molecular weight excluding hydrogens is 206 g/mol. The predicted molar refractivity (Wildman–Crippen MR) is 57.9 cm³/mol. The Morgan fingerprint density at radius 1 is 1.44 bits per heavy atom. The largest absolute Gasteiger partial charge is 0.367 e. The van der Waals surface area contributed by atoms with Gasteiger partial charge in [0.1, 0.15) is 11.4 Å². The molecule has 0 radical (unpaired) electrons. The normalized spacial score (nSPS) is 28.3. The molecule has 0 aromatic carbocycles. The van der Waals surface area contributed by atoms with E-state index in [2.05, 4.69) is 15.3 Å². The zero-order chi connectivity index (χ0) is 11.2. The summed E-state index contributed by atoms with van der Waals surface area (Å²) in [5.74, 6) is 0.678. The van der Waals surface area contributed by atoms with Gasteiger partial charge in [0.2, 0.25) is 0 Å². The number of rotatable bonds is 1. The van der Waals surface area contributed by atoms with Gasteiger partial charge >= 0.3 is 0 Å². The molecule has 0 amide bonds. The van der Waals surface area contributed by atoms with Gasteiger partial charge in [-0.2, -0.15) is 0 Å². The van der Waals surface area contributed by atoms with Gasteiger partial charge in [-0.05, 0) is 19.8 Å². The van der Waals surface area contributed by atoms with Gasteiger partial charge in [0.15, 0.2) is 0 Å². The molecule has 1 aromatic rings. The Labute approximate surface area is 93.2 Å². The minimum atomic E-state index is -0.406. The molecule has 86 valence electrons. The molecule has 1 fully saturated rings. The molecule has 2 N–H and O–H groups in total. The maximum atomic E-state index is 11.8. The number of hydrogen-bond donors (Lipinski definition) is 2. The highest BCUT2D eigenvalue weighted by Crippen LogP contribution is 2.33. The second-order valence-electron chi connectivity index (χ2n) is 4.63. The minimum absolute atomic E-state index is 0.0262. The third-order valence-electron chi connectivity index (χ3n) is 3.42. The zero-order valence-corrected chi connectivity index (χ0v) is 9.30. The molecule has 1 unspecified atom stereocenters. The Morgan fingerprint density at radius 2 is 2.31 bits per heavy atom. The van der Waals surface area contributed by atoms with Crippen LogP contribution in [0.5, 0.6) is 0 Å². The first-order chi connectivity index (χ1) is 7.69. The Kier molecular flexibility index (Phi) is 2.12. The van der Waals surface area contributed by atoms with E-state index in [4.69, 9.17) is 4.74 Å². The molecule has 0 saturated carbocycles. The Morgan fingerprint density at radius 3 is 3.06 bits per heavy atom. The van der Waals surface area contributed by atoms with Gasteiger partial charge < -0.3 is 15.0 Å². The lowest BCUT2D eigenvalue weighted by atomic mass is 10.0. The third kappa shape index (κ3) is 1.39. The molecule has 1 aromatic heterocycles. The number of fused-ring (bicyclic) bond motifs is 1. The molecule has 0 aliphatic carbocycles. The minimum Gasteiger partial charge on any atom is -0.367 e. The predicted octanol–water partition coefficient (Wildman–Crippen LogP) is 0.399. The fourth-order valence-corrected chi connectivity index (χ4v) is 2.40. The van der Waals surface area contributed by atoms with Crippen molar-refractivity contribution in [1.82, 2.24) is 15.3 Å². The molecule has 1 saturated heterocycles. The van der Waals surface area contributed by atoms with Gasteiger partial charge in [-0.1, -0.05) is 0 Å². The van der Waals surface area contributed by atoms with Crippen LogP contribution in [0.25, 0.3) is 0 Å². The number of nitrogens with zero attached hydrogens (tertiary/aromatic N) is 1. The van der Waals surface area contributed by atoms with Crippen LogP contribution < -0.4 is 10.9 Å². The van der Waals surface area contributed by atoms with Crippen LogP contribution in [0.15, 0.2) is 4.79 Å². The van der Waals surface area contributed by atoms with Crippen LogP contribution in [-0.4, -0.2) is 16.6 Å². The maximum Gasteiger partial charge on any atom is 0.255 e. The van der Waals surface area contributed by atoms with E-state index >= 15 is 0 Å². The van der Waals surface area contributed by atoms with Crippen LogP contribution in [-0.2, 0) is 23.4 Å². The molecule has 2 aliphatic rings. The van der Waals surface area contributed by atoms with Crippen LogP contribution in [0, 0.1) is 0 Å². The van der Waals surface area contributed by atoms with Crippen LogP contribution in [0.3, 0.4) is 0 Å². The van der Waals surface area contributed by atoms with Crippen molar-refractivity contribution in [2.24, 2.45) is 0 Å². The summed E-state index contributed by atoms with van der Waals surface area (Å²) >= 11 is 0. The summed E-state index contributed by atoms with van der Waals surface area (Å²) in [6.07, 6.45) is 1.94. The van der Waals surface area contributed by atoms with Gasteiger partial charge in [0.25, 0.3) is 5.56 Å². The first-order valence-corrected chi connectivity index (χ1v) is 5.66. The first-order valence-electron chi connectivity index (χ1n) is 5.66. The zero-order valence-electron chi connectivity index (χ0n) is 9.30. The van der Waals surface area contributed by atoms with Gasteiger partial charge in [0, 0.05) is 19.7 Å². The number of H-pyrrole nitrogens is 1.